The van der Waals surface area contributed by atoms with Crippen LogP contribution in [-0.2, 0) is 6.54 Å². The molecule has 0 fully saturated rings. The Balaban J connectivity index is 2.04. The van der Waals surface area contributed by atoms with Gasteiger partial charge in [-0.25, -0.2) is 4.98 Å². The molecule has 0 spiro atoms. The van der Waals surface area contributed by atoms with Gasteiger partial charge in [0, 0.05) is 31.1 Å². The molecule has 1 atom stereocenters. The predicted octanol–water partition coefficient (Wildman–Crippen LogP) is 2.68. The molecule has 1 aromatic carbocycles. The molecule has 4 nitrogen and oxygen atoms in total. The van der Waals surface area contributed by atoms with Gasteiger partial charge in [-0.1, -0.05) is 30.3 Å². The molecule has 2 rings (SSSR count). The molecular formula is C16H23N3O. The third-order valence-corrected chi connectivity index (χ3v) is 3.43. The van der Waals surface area contributed by atoms with Crippen molar-refractivity contribution in [3.8, 4) is 0 Å². The summed E-state index contributed by atoms with van der Waals surface area (Å²) in [6.45, 7) is 5.16. The van der Waals surface area contributed by atoms with Crippen LogP contribution in [0.15, 0.2) is 42.7 Å². The van der Waals surface area contributed by atoms with Gasteiger partial charge < -0.3 is 15.0 Å². The first-order chi connectivity index (χ1) is 9.72. The number of nitrogens with zero attached hydrogens (tertiary/aromatic N) is 2. The van der Waals surface area contributed by atoms with Crippen molar-refractivity contribution >= 4 is 0 Å². The van der Waals surface area contributed by atoms with Crippen LogP contribution in [0.4, 0.5) is 0 Å². The fourth-order valence-corrected chi connectivity index (χ4v) is 2.37. The van der Waals surface area contributed by atoms with Gasteiger partial charge in [0.1, 0.15) is 5.82 Å². The van der Waals surface area contributed by atoms with Crippen LogP contribution >= 0.6 is 0 Å². The Labute approximate surface area is 120 Å². The number of hydrogen-bond acceptors (Lipinski definition) is 3. The highest BCUT2D eigenvalue weighted by Crippen LogP contribution is 2.17. The molecule has 0 saturated heterocycles. The van der Waals surface area contributed by atoms with E-state index < -0.39 is 0 Å². The van der Waals surface area contributed by atoms with Crippen molar-refractivity contribution in [2.45, 2.75) is 38.9 Å². The molecule has 2 aromatic rings. The summed E-state index contributed by atoms with van der Waals surface area (Å²) in [6, 6.07) is 10.8. The lowest BCUT2D eigenvalue weighted by Crippen LogP contribution is -2.24. The summed E-state index contributed by atoms with van der Waals surface area (Å²) in [5.41, 5.74) is 1.20. The number of aliphatic hydroxyl groups excluding tert-OH is 1. The van der Waals surface area contributed by atoms with Crippen LogP contribution in [0.1, 0.15) is 43.7 Å². The maximum Gasteiger partial charge on any atom is 0.122 e. The zero-order valence-electron chi connectivity index (χ0n) is 12.2. The third-order valence-electron chi connectivity index (χ3n) is 3.43. The fraction of sp³-hybridized carbons (Fsp3) is 0.438. The molecule has 0 amide bonds. The predicted molar refractivity (Wildman–Crippen MR) is 80.3 cm³/mol. The van der Waals surface area contributed by atoms with E-state index in [1.807, 2.05) is 30.6 Å². The van der Waals surface area contributed by atoms with E-state index in [9.17, 15) is 5.11 Å². The summed E-state index contributed by atoms with van der Waals surface area (Å²) in [5, 5.41) is 12.7. The van der Waals surface area contributed by atoms with Gasteiger partial charge in [-0.05, 0) is 25.8 Å². The maximum atomic E-state index is 9.24. The number of nitrogens with one attached hydrogen (secondary N) is 1. The second kappa shape index (κ2) is 7.22. The number of hydrogen-bond donors (Lipinski definition) is 2. The third kappa shape index (κ3) is 3.68. The first-order valence-corrected chi connectivity index (χ1v) is 7.13. The minimum Gasteiger partial charge on any atom is -0.396 e. The molecule has 2 N–H and O–H groups in total. The van der Waals surface area contributed by atoms with E-state index in [2.05, 4.69) is 40.8 Å². The molecule has 20 heavy (non-hydrogen) atoms. The first-order valence-electron chi connectivity index (χ1n) is 7.13. The monoisotopic (exact) mass is 273 g/mol. The lowest BCUT2D eigenvalue weighted by Gasteiger charge is -2.19. The summed E-state index contributed by atoms with van der Waals surface area (Å²) in [5.74, 6) is 1.03. The molecule has 0 saturated carbocycles. The van der Waals surface area contributed by atoms with Crippen LogP contribution in [0.2, 0.25) is 0 Å². The van der Waals surface area contributed by atoms with Crippen LogP contribution in [0.25, 0.3) is 0 Å². The van der Waals surface area contributed by atoms with Gasteiger partial charge in [-0.3, -0.25) is 0 Å². The number of aliphatic hydroxyl groups is 1. The minimum atomic E-state index is 0.151. The molecule has 108 valence electrons. The molecule has 0 aliphatic rings. The van der Waals surface area contributed by atoms with E-state index in [0.29, 0.717) is 19.0 Å². The molecule has 0 aliphatic heterocycles. The highest BCUT2D eigenvalue weighted by atomic mass is 16.3. The summed E-state index contributed by atoms with van der Waals surface area (Å²) >= 11 is 0. The van der Waals surface area contributed by atoms with Gasteiger partial charge in [-0.15, -0.1) is 0 Å². The lowest BCUT2D eigenvalue weighted by molar-refractivity contribution is 0.264. The average Bonchev–Trinajstić information content (AvgIpc) is 2.93. The normalized spacial score (nSPS) is 12.8. The molecule has 1 aromatic heterocycles. The van der Waals surface area contributed by atoms with E-state index in [0.717, 1.165) is 5.82 Å². The minimum absolute atomic E-state index is 0.151. The quantitative estimate of drug-likeness (QED) is 0.815. The Morgan fingerprint density at radius 3 is 2.65 bits per heavy atom. The average molecular weight is 273 g/mol. The summed E-state index contributed by atoms with van der Waals surface area (Å²) in [7, 11) is 0. The zero-order chi connectivity index (χ0) is 14.4. The SMILES string of the molecule is CC(C)n1ccnc1CNC(CCO)c1ccccc1. The summed E-state index contributed by atoms with van der Waals surface area (Å²) in [4.78, 5) is 4.40. The van der Waals surface area contributed by atoms with Crippen molar-refractivity contribution in [2.24, 2.45) is 0 Å². The molecular weight excluding hydrogens is 250 g/mol. The second-order valence-corrected chi connectivity index (χ2v) is 5.20. The van der Waals surface area contributed by atoms with Crippen molar-refractivity contribution in [1.82, 2.24) is 14.9 Å². The summed E-state index contributed by atoms with van der Waals surface area (Å²) in [6.07, 6.45) is 4.54. The first kappa shape index (κ1) is 14.8. The highest BCUT2D eigenvalue weighted by molar-refractivity contribution is 5.19. The smallest absolute Gasteiger partial charge is 0.122 e. The van der Waals surface area contributed by atoms with Gasteiger partial charge in [0.15, 0.2) is 0 Å². The second-order valence-electron chi connectivity index (χ2n) is 5.20. The van der Waals surface area contributed by atoms with E-state index in [-0.39, 0.29) is 12.6 Å². The van der Waals surface area contributed by atoms with Crippen LogP contribution in [0.3, 0.4) is 0 Å². The molecule has 1 heterocycles. The van der Waals surface area contributed by atoms with E-state index in [4.69, 9.17) is 0 Å². The Morgan fingerprint density at radius 1 is 1.25 bits per heavy atom. The van der Waals surface area contributed by atoms with Gasteiger partial charge in [0.05, 0.1) is 6.54 Å². The fourth-order valence-electron chi connectivity index (χ4n) is 2.37. The van der Waals surface area contributed by atoms with Gasteiger partial charge in [0.2, 0.25) is 0 Å². The van der Waals surface area contributed by atoms with Crippen molar-refractivity contribution in [3.05, 3.63) is 54.1 Å². The van der Waals surface area contributed by atoms with E-state index in [1.165, 1.54) is 5.56 Å². The van der Waals surface area contributed by atoms with Crippen LogP contribution in [0.5, 0.6) is 0 Å². The van der Waals surface area contributed by atoms with Gasteiger partial charge in [-0.2, -0.15) is 0 Å². The Kier molecular flexibility index (Phi) is 5.32. The molecule has 0 radical (unpaired) electrons. The van der Waals surface area contributed by atoms with Crippen molar-refractivity contribution < 1.29 is 5.11 Å². The zero-order valence-corrected chi connectivity index (χ0v) is 12.2. The molecule has 0 bridgehead atoms. The molecule has 0 aliphatic carbocycles. The largest absolute Gasteiger partial charge is 0.396 e. The number of rotatable bonds is 7. The molecule has 1 unspecified atom stereocenters. The van der Waals surface area contributed by atoms with Crippen molar-refractivity contribution in [1.29, 1.82) is 0 Å². The Hall–Kier alpha value is -1.65. The van der Waals surface area contributed by atoms with Crippen molar-refractivity contribution in [2.75, 3.05) is 6.61 Å². The number of imidazole rings is 1. The molecule has 4 heteroatoms. The van der Waals surface area contributed by atoms with Crippen LogP contribution in [-0.4, -0.2) is 21.3 Å². The van der Waals surface area contributed by atoms with E-state index >= 15 is 0 Å². The maximum absolute atomic E-state index is 9.24. The lowest BCUT2D eigenvalue weighted by atomic mass is 10.0. The topological polar surface area (TPSA) is 50.1 Å². The van der Waals surface area contributed by atoms with Crippen molar-refractivity contribution in [3.63, 3.8) is 0 Å². The number of benzene rings is 1. The Bertz CT molecular complexity index is 507. The van der Waals surface area contributed by atoms with Crippen LogP contribution in [0, 0.1) is 0 Å². The van der Waals surface area contributed by atoms with Crippen LogP contribution < -0.4 is 5.32 Å². The summed E-state index contributed by atoms with van der Waals surface area (Å²) < 4.78 is 2.16. The Morgan fingerprint density at radius 2 is 2.00 bits per heavy atom. The number of aromatic nitrogens is 2. The van der Waals surface area contributed by atoms with Gasteiger partial charge >= 0.3 is 0 Å². The standard InChI is InChI=1S/C16H23N3O/c1-13(2)19-10-9-17-16(19)12-18-15(8-11-20)14-6-4-3-5-7-14/h3-7,9-10,13,15,18,20H,8,11-12H2,1-2H3. The highest BCUT2D eigenvalue weighted by Gasteiger charge is 2.12. The van der Waals surface area contributed by atoms with Gasteiger partial charge in [0.25, 0.3) is 0 Å². The van der Waals surface area contributed by atoms with E-state index in [1.54, 1.807) is 0 Å².